The third-order valence-corrected chi connectivity index (χ3v) is 5.40. The van der Waals surface area contributed by atoms with Gasteiger partial charge in [-0.15, -0.1) is 24.0 Å². The maximum absolute atomic E-state index is 4.50. The second kappa shape index (κ2) is 9.77. The number of hydrogen-bond acceptors (Lipinski definition) is 4. The molecule has 26 heavy (non-hydrogen) atoms. The molecule has 8 heteroatoms. The van der Waals surface area contributed by atoms with Crippen molar-refractivity contribution in [1.82, 2.24) is 24.7 Å². The first-order valence-corrected chi connectivity index (χ1v) is 9.44. The number of guanidine groups is 1. The molecule has 0 amide bonds. The first-order chi connectivity index (χ1) is 12.1. The second-order valence-corrected chi connectivity index (χ2v) is 7.51. The van der Waals surface area contributed by atoms with Gasteiger partial charge in [-0.3, -0.25) is 4.99 Å². The van der Waals surface area contributed by atoms with Crippen molar-refractivity contribution in [2.75, 3.05) is 58.8 Å². The lowest BCUT2D eigenvalue weighted by Gasteiger charge is -2.23. The van der Waals surface area contributed by atoms with Gasteiger partial charge in [-0.2, -0.15) is 0 Å². The molecule has 3 heterocycles. The smallest absolute Gasteiger partial charge is 0.204 e. The molecule has 7 nitrogen and oxygen atoms in total. The van der Waals surface area contributed by atoms with Crippen LogP contribution >= 0.6 is 24.0 Å². The summed E-state index contributed by atoms with van der Waals surface area (Å²) in [5, 5.41) is 3.52. The molecule has 1 unspecified atom stereocenters. The summed E-state index contributed by atoms with van der Waals surface area (Å²) in [6, 6.07) is 0. The van der Waals surface area contributed by atoms with E-state index in [0.717, 1.165) is 43.2 Å². The molecule has 3 rings (SSSR count). The zero-order valence-electron chi connectivity index (χ0n) is 16.6. The summed E-state index contributed by atoms with van der Waals surface area (Å²) in [6.45, 7) is 6.80. The number of anilines is 1. The van der Waals surface area contributed by atoms with Crippen molar-refractivity contribution in [3.05, 3.63) is 11.9 Å². The van der Waals surface area contributed by atoms with Gasteiger partial charge in [0.05, 0.1) is 18.4 Å². The predicted molar refractivity (Wildman–Crippen MR) is 119 cm³/mol. The Bertz CT molecular complexity index is 592. The van der Waals surface area contributed by atoms with Crippen LogP contribution in [-0.4, -0.2) is 79.2 Å². The van der Waals surface area contributed by atoms with Crippen LogP contribution in [-0.2, 0) is 13.6 Å². The van der Waals surface area contributed by atoms with Gasteiger partial charge in [-0.25, -0.2) is 4.98 Å². The van der Waals surface area contributed by atoms with Crippen molar-refractivity contribution in [3.63, 3.8) is 0 Å². The van der Waals surface area contributed by atoms with Gasteiger partial charge in [0.15, 0.2) is 5.96 Å². The van der Waals surface area contributed by atoms with Gasteiger partial charge in [-0.05, 0) is 38.3 Å². The fourth-order valence-corrected chi connectivity index (χ4v) is 4.02. The van der Waals surface area contributed by atoms with E-state index in [1.54, 1.807) is 0 Å². The Morgan fingerprint density at radius 3 is 2.65 bits per heavy atom. The van der Waals surface area contributed by atoms with Gasteiger partial charge in [-0.1, -0.05) is 0 Å². The van der Waals surface area contributed by atoms with Crippen LogP contribution in [0, 0.1) is 5.92 Å². The van der Waals surface area contributed by atoms with E-state index in [1.165, 1.54) is 38.9 Å². The number of nitrogens with zero attached hydrogens (tertiary/aromatic N) is 6. The summed E-state index contributed by atoms with van der Waals surface area (Å²) in [7, 11) is 7.97. The maximum atomic E-state index is 4.50. The molecule has 1 N–H and O–H groups in total. The minimum Gasteiger partial charge on any atom is -0.351 e. The highest BCUT2D eigenvalue weighted by Gasteiger charge is 2.27. The van der Waals surface area contributed by atoms with Crippen LogP contribution in [0.2, 0.25) is 0 Å². The second-order valence-electron chi connectivity index (χ2n) is 7.51. The largest absolute Gasteiger partial charge is 0.351 e. The van der Waals surface area contributed by atoms with E-state index in [2.05, 4.69) is 36.7 Å². The maximum Gasteiger partial charge on any atom is 0.204 e. The summed E-state index contributed by atoms with van der Waals surface area (Å²) < 4.78 is 2.13. The van der Waals surface area contributed by atoms with E-state index in [9.17, 15) is 0 Å². The quantitative estimate of drug-likeness (QED) is 0.399. The third-order valence-electron chi connectivity index (χ3n) is 5.40. The van der Waals surface area contributed by atoms with Crippen LogP contribution in [0.25, 0.3) is 0 Å². The summed E-state index contributed by atoms with van der Waals surface area (Å²) >= 11 is 0. The molecular weight excluding hydrogens is 441 g/mol. The van der Waals surface area contributed by atoms with Crippen LogP contribution in [0.5, 0.6) is 0 Å². The third kappa shape index (κ3) is 5.03. The lowest BCUT2D eigenvalue weighted by atomic mass is 10.1. The Balaban J connectivity index is 0.00000243. The molecule has 0 bridgehead atoms. The number of hydrogen-bond donors (Lipinski definition) is 1. The Morgan fingerprint density at radius 2 is 2.04 bits per heavy atom. The number of aliphatic imine (C=N–C) groups is 1. The van der Waals surface area contributed by atoms with E-state index in [1.807, 2.05) is 32.2 Å². The van der Waals surface area contributed by atoms with E-state index in [4.69, 9.17) is 0 Å². The SMILES string of the molecule is CN=C(NCc1cnc(N(C)C)n1C)N1CCC(CN2CCCC2)C1.I. The van der Waals surface area contributed by atoms with Gasteiger partial charge < -0.3 is 24.6 Å². The molecule has 1 atom stereocenters. The van der Waals surface area contributed by atoms with Gasteiger partial charge in [0.2, 0.25) is 5.95 Å². The number of aromatic nitrogens is 2. The van der Waals surface area contributed by atoms with Crippen molar-refractivity contribution in [1.29, 1.82) is 0 Å². The first-order valence-electron chi connectivity index (χ1n) is 9.44. The number of nitrogens with one attached hydrogen (secondary N) is 1. The molecule has 0 spiro atoms. The molecule has 2 aliphatic heterocycles. The molecule has 148 valence electrons. The van der Waals surface area contributed by atoms with Gasteiger partial charge in [0.1, 0.15) is 0 Å². The van der Waals surface area contributed by atoms with E-state index < -0.39 is 0 Å². The highest BCUT2D eigenvalue weighted by Crippen LogP contribution is 2.20. The minimum absolute atomic E-state index is 0. The van der Waals surface area contributed by atoms with Crippen LogP contribution in [0.15, 0.2) is 11.2 Å². The lowest BCUT2D eigenvalue weighted by Crippen LogP contribution is -2.40. The average molecular weight is 475 g/mol. The lowest BCUT2D eigenvalue weighted by molar-refractivity contribution is 0.281. The highest BCUT2D eigenvalue weighted by molar-refractivity contribution is 14.0. The number of imidazole rings is 1. The van der Waals surface area contributed by atoms with Crippen molar-refractivity contribution in [3.8, 4) is 0 Å². The average Bonchev–Trinajstić information content (AvgIpc) is 3.31. The zero-order chi connectivity index (χ0) is 17.8. The van der Waals surface area contributed by atoms with Crippen molar-refractivity contribution in [2.45, 2.75) is 25.8 Å². The van der Waals surface area contributed by atoms with E-state index in [0.29, 0.717) is 0 Å². The van der Waals surface area contributed by atoms with Crippen molar-refractivity contribution >= 4 is 35.9 Å². The number of likely N-dealkylation sites (tertiary alicyclic amines) is 2. The molecule has 2 aliphatic rings. The normalized spacial score (nSPS) is 21.2. The molecule has 0 aliphatic carbocycles. The van der Waals surface area contributed by atoms with Gasteiger partial charge >= 0.3 is 0 Å². The topological polar surface area (TPSA) is 51.9 Å². The summed E-state index contributed by atoms with van der Waals surface area (Å²) in [5.41, 5.74) is 1.16. The van der Waals surface area contributed by atoms with Crippen LogP contribution in [0.1, 0.15) is 25.0 Å². The molecule has 0 aromatic carbocycles. The monoisotopic (exact) mass is 475 g/mol. The van der Waals surface area contributed by atoms with Gasteiger partial charge in [0.25, 0.3) is 0 Å². The predicted octanol–water partition coefficient (Wildman–Crippen LogP) is 1.60. The van der Waals surface area contributed by atoms with E-state index >= 15 is 0 Å². The zero-order valence-corrected chi connectivity index (χ0v) is 18.9. The van der Waals surface area contributed by atoms with E-state index in [-0.39, 0.29) is 24.0 Å². The first kappa shape index (κ1) is 21.3. The summed E-state index contributed by atoms with van der Waals surface area (Å²) in [4.78, 5) is 16.0. The fourth-order valence-electron chi connectivity index (χ4n) is 4.02. The molecule has 1 aromatic rings. The van der Waals surface area contributed by atoms with Crippen LogP contribution in [0.3, 0.4) is 0 Å². The molecule has 1 aromatic heterocycles. The fraction of sp³-hybridized carbons (Fsp3) is 0.778. The number of halogens is 1. The van der Waals surface area contributed by atoms with Crippen LogP contribution < -0.4 is 10.2 Å². The highest BCUT2D eigenvalue weighted by atomic mass is 127. The summed E-state index contributed by atoms with van der Waals surface area (Å²) in [5.74, 6) is 2.75. The Kier molecular flexibility index (Phi) is 8.00. The number of rotatable bonds is 5. The molecule has 2 saturated heterocycles. The molecule has 0 saturated carbocycles. The standard InChI is InChI=1S/C18H33N7.HI/c1-19-17(20-11-16-12-21-18(22(2)3)23(16)4)25-10-7-15(14-25)13-24-8-5-6-9-24;/h12,15H,5-11,13-14H2,1-4H3,(H,19,20);1H. The summed E-state index contributed by atoms with van der Waals surface area (Å²) in [6.07, 6.45) is 5.96. The molecule has 0 radical (unpaired) electrons. The minimum atomic E-state index is 0. The Hall–Kier alpha value is -1.03. The van der Waals surface area contributed by atoms with Crippen LogP contribution in [0.4, 0.5) is 5.95 Å². The van der Waals surface area contributed by atoms with Crippen molar-refractivity contribution in [2.24, 2.45) is 18.0 Å². The Morgan fingerprint density at radius 1 is 1.31 bits per heavy atom. The van der Waals surface area contributed by atoms with Crippen molar-refractivity contribution < 1.29 is 0 Å². The van der Waals surface area contributed by atoms with Gasteiger partial charge in [0, 0.05) is 47.8 Å². The molecule has 2 fully saturated rings. The Labute approximate surface area is 174 Å². The molecular formula is C18H34IN7.